The summed E-state index contributed by atoms with van der Waals surface area (Å²) < 4.78 is 18.1. The third kappa shape index (κ3) is 2.76. The molecule has 5 heteroatoms. The van der Waals surface area contributed by atoms with Gasteiger partial charge >= 0.3 is 0 Å². The van der Waals surface area contributed by atoms with Gasteiger partial charge in [0.2, 0.25) is 5.95 Å². The smallest absolute Gasteiger partial charge is 0.270 e. The Morgan fingerprint density at radius 2 is 2.50 bits per heavy atom. The van der Waals surface area contributed by atoms with E-state index >= 15 is 0 Å². The monoisotopic (exact) mass is 224 g/mol. The molecule has 86 valence electrons. The number of hydrogen-bond acceptors (Lipinski definition) is 3. The molecule has 1 atom stereocenters. The predicted octanol–water partition coefficient (Wildman–Crippen LogP) is 1.13. The van der Waals surface area contributed by atoms with Crippen molar-refractivity contribution in [3.05, 3.63) is 29.8 Å². The minimum absolute atomic E-state index is 0.0810. The summed E-state index contributed by atoms with van der Waals surface area (Å²) in [6.45, 7) is 1.20. The van der Waals surface area contributed by atoms with Crippen molar-refractivity contribution in [1.82, 2.24) is 10.3 Å². The lowest BCUT2D eigenvalue weighted by Crippen LogP contribution is -2.32. The fourth-order valence-corrected chi connectivity index (χ4v) is 1.64. The molecule has 0 saturated carbocycles. The minimum Gasteiger partial charge on any atom is -0.376 e. The molecule has 1 aliphatic heterocycles. The van der Waals surface area contributed by atoms with Crippen LogP contribution in [0.3, 0.4) is 0 Å². The maximum atomic E-state index is 12.8. The van der Waals surface area contributed by atoms with Crippen LogP contribution in [0.5, 0.6) is 0 Å². The molecule has 1 fully saturated rings. The maximum Gasteiger partial charge on any atom is 0.270 e. The van der Waals surface area contributed by atoms with Crippen molar-refractivity contribution in [3.8, 4) is 0 Å². The first-order valence-corrected chi connectivity index (χ1v) is 5.28. The number of rotatable bonds is 3. The van der Waals surface area contributed by atoms with Crippen LogP contribution in [0.25, 0.3) is 0 Å². The van der Waals surface area contributed by atoms with Crippen molar-refractivity contribution in [2.24, 2.45) is 0 Å². The summed E-state index contributed by atoms with van der Waals surface area (Å²) in [6.07, 6.45) is 2.06. The molecule has 1 amide bonds. The molecule has 2 heterocycles. The van der Waals surface area contributed by atoms with Gasteiger partial charge in [-0.1, -0.05) is 6.07 Å². The highest BCUT2D eigenvalue weighted by Gasteiger charge is 2.17. The molecule has 1 aliphatic rings. The number of ether oxygens (including phenoxy) is 1. The van der Waals surface area contributed by atoms with E-state index < -0.39 is 5.95 Å². The Bertz CT molecular complexity index is 378. The molecule has 0 bridgehead atoms. The molecule has 1 saturated heterocycles. The van der Waals surface area contributed by atoms with Crippen molar-refractivity contribution in [2.45, 2.75) is 18.9 Å². The van der Waals surface area contributed by atoms with Gasteiger partial charge in [0.05, 0.1) is 6.10 Å². The second-order valence-corrected chi connectivity index (χ2v) is 3.69. The highest BCUT2D eigenvalue weighted by Crippen LogP contribution is 2.10. The summed E-state index contributed by atoms with van der Waals surface area (Å²) in [4.78, 5) is 15.1. The average molecular weight is 224 g/mol. The van der Waals surface area contributed by atoms with Gasteiger partial charge in [-0.3, -0.25) is 4.79 Å². The summed E-state index contributed by atoms with van der Waals surface area (Å²) in [5.74, 6) is -1.01. The Hall–Kier alpha value is -1.49. The number of nitrogens with zero attached hydrogens (tertiary/aromatic N) is 1. The van der Waals surface area contributed by atoms with Crippen LogP contribution in [0.15, 0.2) is 18.2 Å². The summed E-state index contributed by atoms with van der Waals surface area (Å²) in [5.41, 5.74) is 0.0954. The van der Waals surface area contributed by atoms with Crippen molar-refractivity contribution in [1.29, 1.82) is 0 Å². The molecule has 16 heavy (non-hydrogen) atoms. The average Bonchev–Trinajstić information content (AvgIpc) is 2.78. The molecule has 1 unspecified atom stereocenters. The lowest BCUT2D eigenvalue weighted by Gasteiger charge is -2.10. The van der Waals surface area contributed by atoms with E-state index in [1.165, 1.54) is 18.2 Å². The van der Waals surface area contributed by atoms with Crippen LogP contribution in [-0.4, -0.2) is 30.1 Å². The van der Waals surface area contributed by atoms with Crippen molar-refractivity contribution in [3.63, 3.8) is 0 Å². The van der Waals surface area contributed by atoms with Crippen molar-refractivity contribution < 1.29 is 13.9 Å². The Kier molecular flexibility index (Phi) is 3.46. The molecule has 1 aromatic rings. The molecule has 0 aliphatic carbocycles. The van der Waals surface area contributed by atoms with Gasteiger partial charge in [0.25, 0.3) is 5.91 Å². The van der Waals surface area contributed by atoms with Gasteiger partial charge in [0.1, 0.15) is 5.69 Å². The zero-order chi connectivity index (χ0) is 11.4. The van der Waals surface area contributed by atoms with Gasteiger partial charge in [-0.2, -0.15) is 4.39 Å². The van der Waals surface area contributed by atoms with Crippen LogP contribution >= 0.6 is 0 Å². The van der Waals surface area contributed by atoms with E-state index in [2.05, 4.69) is 10.3 Å². The van der Waals surface area contributed by atoms with Crippen molar-refractivity contribution in [2.75, 3.05) is 13.2 Å². The maximum absolute atomic E-state index is 12.8. The van der Waals surface area contributed by atoms with Crippen LogP contribution in [0, 0.1) is 5.95 Å². The van der Waals surface area contributed by atoms with E-state index in [4.69, 9.17) is 4.74 Å². The summed E-state index contributed by atoms with van der Waals surface area (Å²) in [5, 5.41) is 2.68. The second kappa shape index (κ2) is 5.03. The van der Waals surface area contributed by atoms with Gasteiger partial charge in [-0.05, 0) is 25.0 Å². The number of halogens is 1. The van der Waals surface area contributed by atoms with Crippen LogP contribution < -0.4 is 5.32 Å². The molecule has 2 rings (SSSR count). The van der Waals surface area contributed by atoms with E-state index in [0.717, 1.165) is 19.4 Å². The van der Waals surface area contributed by atoms with Gasteiger partial charge in [-0.25, -0.2) is 4.98 Å². The molecule has 1 N–H and O–H groups in total. The SMILES string of the molecule is O=C(NCC1CCCO1)c1cccc(F)n1. The van der Waals surface area contributed by atoms with Gasteiger partial charge in [-0.15, -0.1) is 0 Å². The van der Waals surface area contributed by atoms with Crippen LogP contribution in [0.4, 0.5) is 4.39 Å². The highest BCUT2D eigenvalue weighted by molar-refractivity contribution is 5.92. The summed E-state index contributed by atoms with van der Waals surface area (Å²) >= 11 is 0. The third-order valence-electron chi connectivity index (χ3n) is 2.46. The lowest BCUT2D eigenvalue weighted by atomic mass is 10.2. The zero-order valence-electron chi connectivity index (χ0n) is 8.78. The fourth-order valence-electron chi connectivity index (χ4n) is 1.64. The van der Waals surface area contributed by atoms with Crippen molar-refractivity contribution >= 4 is 5.91 Å². The normalized spacial score (nSPS) is 19.7. The Morgan fingerprint density at radius 1 is 1.62 bits per heavy atom. The van der Waals surface area contributed by atoms with Gasteiger partial charge in [0.15, 0.2) is 0 Å². The van der Waals surface area contributed by atoms with Gasteiger partial charge in [0, 0.05) is 13.2 Å². The Morgan fingerprint density at radius 3 is 3.19 bits per heavy atom. The van der Waals surface area contributed by atoms with E-state index in [0.29, 0.717) is 6.54 Å². The minimum atomic E-state index is -0.648. The Balaban J connectivity index is 1.87. The van der Waals surface area contributed by atoms with Gasteiger partial charge < -0.3 is 10.1 Å². The van der Waals surface area contributed by atoms with E-state index in [-0.39, 0.29) is 17.7 Å². The first-order valence-electron chi connectivity index (χ1n) is 5.28. The number of aromatic nitrogens is 1. The molecule has 1 aromatic heterocycles. The number of amides is 1. The molecule has 0 radical (unpaired) electrons. The standard InChI is InChI=1S/C11H13FN2O2/c12-10-5-1-4-9(14-10)11(15)13-7-8-3-2-6-16-8/h1,4-5,8H,2-3,6-7H2,(H,13,15). The first kappa shape index (κ1) is 11.0. The van der Waals surface area contributed by atoms with Crippen LogP contribution in [0.2, 0.25) is 0 Å². The zero-order valence-corrected chi connectivity index (χ0v) is 8.78. The number of carbonyl (C=O) groups excluding carboxylic acids is 1. The molecule has 0 aromatic carbocycles. The molecular weight excluding hydrogens is 211 g/mol. The number of pyridine rings is 1. The quantitative estimate of drug-likeness (QED) is 0.783. The lowest BCUT2D eigenvalue weighted by molar-refractivity contribution is 0.0853. The van der Waals surface area contributed by atoms with Crippen LogP contribution in [0.1, 0.15) is 23.3 Å². The summed E-state index contributed by atoms with van der Waals surface area (Å²) in [7, 11) is 0. The van der Waals surface area contributed by atoms with E-state index in [9.17, 15) is 9.18 Å². The van der Waals surface area contributed by atoms with E-state index in [1.807, 2.05) is 0 Å². The molecule has 0 spiro atoms. The number of hydrogen-bond donors (Lipinski definition) is 1. The number of carbonyl (C=O) groups is 1. The molecular formula is C11H13FN2O2. The topological polar surface area (TPSA) is 51.2 Å². The fraction of sp³-hybridized carbons (Fsp3) is 0.455. The third-order valence-corrected chi connectivity index (χ3v) is 2.46. The largest absolute Gasteiger partial charge is 0.376 e. The first-order chi connectivity index (χ1) is 7.75. The summed E-state index contributed by atoms with van der Waals surface area (Å²) in [6, 6.07) is 4.15. The number of nitrogens with one attached hydrogen (secondary N) is 1. The predicted molar refractivity (Wildman–Crippen MR) is 55.5 cm³/mol. The molecule has 4 nitrogen and oxygen atoms in total. The van der Waals surface area contributed by atoms with E-state index in [1.54, 1.807) is 0 Å². The second-order valence-electron chi connectivity index (χ2n) is 3.69. The Labute approximate surface area is 92.8 Å². The van der Waals surface area contributed by atoms with Crippen LogP contribution in [-0.2, 0) is 4.74 Å². The highest BCUT2D eigenvalue weighted by atomic mass is 19.1.